The van der Waals surface area contributed by atoms with E-state index in [-0.39, 0.29) is 0 Å². The Bertz CT molecular complexity index is 248. The normalized spacial score (nSPS) is 11.6. The van der Waals surface area contributed by atoms with Gasteiger partial charge >= 0.3 is 0 Å². The van der Waals surface area contributed by atoms with Crippen LogP contribution in [0.1, 0.15) is 13.8 Å². The Morgan fingerprint density at radius 1 is 1.38 bits per heavy atom. The third-order valence-electron chi connectivity index (χ3n) is 1.64. The number of thioether (sulfide) groups is 1. The predicted octanol–water partition coefficient (Wildman–Crippen LogP) is 3.59. The average Bonchev–Trinajstić information content (AvgIpc) is 2.17. The summed E-state index contributed by atoms with van der Waals surface area (Å²) in [4.78, 5) is 5.28. The van der Waals surface area contributed by atoms with Crippen LogP contribution in [0.2, 0.25) is 0 Å². The molecule has 0 aliphatic rings. The van der Waals surface area contributed by atoms with Crippen molar-refractivity contribution in [3.8, 4) is 0 Å². The summed E-state index contributed by atoms with van der Waals surface area (Å²) in [6, 6.07) is 4.10. The molecule has 1 rings (SSSR count). The molecule has 1 aromatic heterocycles. The topological polar surface area (TPSA) is 12.9 Å². The van der Waals surface area contributed by atoms with Gasteiger partial charge in [0.2, 0.25) is 0 Å². The van der Waals surface area contributed by atoms with E-state index in [0.717, 1.165) is 11.1 Å². The molecule has 0 aliphatic heterocycles. The Morgan fingerprint density at radius 3 is 2.54 bits per heavy atom. The van der Waals surface area contributed by atoms with Gasteiger partial charge in [0.15, 0.2) is 0 Å². The maximum atomic E-state index is 3.99. The van der Waals surface area contributed by atoms with Crippen molar-refractivity contribution in [1.82, 2.24) is 4.98 Å². The van der Waals surface area contributed by atoms with E-state index in [9.17, 15) is 0 Å². The lowest BCUT2D eigenvalue weighted by molar-refractivity contribution is 0.496. The molecule has 0 aromatic carbocycles. The zero-order valence-electron chi connectivity index (χ0n) is 7.96. The first kappa shape index (κ1) is 11.1. The van der Waals surface area contributed by atoms with Crippen molar-refractivity contribution < 1.29 is 0 Å². The number of pyridine rings is 1. The van der Waals surface area contributed by atoms with Gasteiger partial charge in [-0.25, -0.2) is 0 Å². The Morgan fingerprint density at radius 2 is 2.00 bits per heavy atom. The Hall–Kier alpha value is -0.0200. The fourth-order valence-corrected chi connectivity index (χ4v) is 2.19. The second-order valence-corrected chi connectivity index (χ2v) is 5.38. The molecule has 1 nitrogen and oxygen atoms in total. The van der Waals surface area contributed by atoms with Gasteiger partial charge < -0.3 is 0 Å². The molecular weight excluding hydrogens is 246 g/mol. The zero-order valence-corrected chi connectivity index (χ0v) is 10.4. The number of alkyl halides is 1. The molecule has 1 aromatic rings. The Kier molecular flexibility index (Phi) is 4.26. The van der Waals surface area contributed by atoms with Crippen LogP contribution in [-0.2, 0) is 0 Å². The van der Waals surface area contributed by atoms with Gasteiger partial charge in [0.25, 0.3) is 0 Å². The van der Waals surface area contributed by atoms with E-state index >= 15 is 0 Å². The molecule has 0 saturated carbocycles. The van der Waals surface area contributed by atoms with E-state index in [0.29, 0.717) is 5.41 Å². The number of hydrogen-bond donors (Lipinski definition) is 0. The van der Waals surface area contributed by atoms with E-state index < -0.39 is 0 Å². The van der Waals surface area contributed by atoms with Crippen molar-refractivity contribution in [1.29, 1.82) is 0 Å². The lowest BCUT2D eigenvalue weighted by Gasteiger charge is -2.20. The molecule has 0 radical (unpaired) electrons. The fraction of sp³-hybridized carbons (Fsp3) is 0.500. The van der Waals surface area contributed by atoms with Crippen LogP contribution in [0.3, 0.4) is 0 Å². The highest BCUT2D eigenvalue weighted by Crippen LogP contribution is 2.28. The van der Waals surface area contributed by atoms with Crippen molar-refractivity contribution in [2.75, 3.05) is 11.1 Å². The lowest BCUT2D eigenvalue weighted by atomic mass is 10.0. The van der Waals surface area contributed by atoms with Crippen molar-refractivity contribution >= 4 is 27.7 Å². The van der Waals surface area contributed by atoms with Crippen LogP contribution in [0.5, 0.6) is 0 Å². The maximum Gasteiger partial charge on any atom is 0.0278 e. The van der Waals surface area contributed by atoms with Crippen molar-refractivity contribution in [3.05, 3.63) is 24.5 Å². The monoisotopic (exact) mass is 259 g/mol. The summed E-state index contributed by atoms with van der Waals surface area (Å²) in [6.07, 6.45) is 3.67. The van der Waals surface area contributed by atoms with Crippen molar-refractivity contribution in [2.45, 2.75) is 18.7 Å². The number of halogens is 1. The third kappa shape index (κ3) is 4.14. The van der Waals surface area contributed by atoms with Crippen LogP contribution in [0.25, 0.3) is 0 Å². The smallest absolute Gasteiger partial charge is 0.0278 e. The maximum absolute atomic E-state index is 3.99. The van der Waals surface area contributed by atoms with Gasteiger partial charge in [-0.2, -0.15) is 0 Å². The highest BCUT2D eigenvalue weighted by Gasteiger charge is 2.15. The lowest BCUT2D eigenvalue weighted by Crippen LogP contribution is -2.15. The van der Waals surface area contributed by atoms with Crippen LogP contribution in [0.15, 0.2) is 29.4 Å². The molecule has 0 fully saturated rings. The molecule has 1 heterocycles. The number of aromatic nitrogens is 1. The van der Waals surface area contributed by atoms with Gasteiger partial charge in [-0.1, -0.05) is 29.8 Å². The van der Waals surface area contributed by atoms with Gasteiger partial charge in [-0.3, -0.25) is 4.98 Å². The standard InChI is InChI=1S/C10H14BrNS/c1-10(2,7-11)8-13-9-3-5-12-6-4-9/h3-6H,7-8H2,1-2H3. The minimum Gasteiger partial charge on any atom is -0.265 e. The molecular formula is C10H14BrNS. The second kappa shape index (κ2) is 5.01. The Balaban J connectivity index is 2.44. The van der Waals surface area contributed by atoms with Crippen LogP contribution in [0, 0.1) is 5.41 Å². The van der Waals surface area contributed by atoms with Gasteiger partial charge in [-0.15, -0.1) is 11.8 Å². The molecule has 0 N–H and O–H groups in total. The first-order valence-electron chi connectivity index (χ1n) is 4.23. The molecule has 13 heavy (non-hydrogen) atoms. The van der Waals surface area contributed by atoms with Gasteiger partial charge in [0.1, 0.15) is 0 Å². The average molecular weight is 260 g/mol. The van der Waals surface area contributed by atoms with Crippen LogP contribution < -0.4 is 0 Å². The number of hydrogen-bond acceptors (Lipinski definition) is 2. The molecule has 0 spiro atoms. The zero-order chi connectivity index (χ0) is 9.73. The number of rotatable bonds is 4. The minimum atomic E-state index is 0.355. The summed E-state index contributed by atoms with van der Waals surface area (Å²) < 4.78 is 0. The molecule has 0 bridgehead atoms. The summed E-state index contributed by atoms with van der Waals surface area (Å²) in [6.45, 7) is 4.52. The first-order valence-corrected chi connectivity index (χ1v) is 6.33. The van der Waals surface area contributed by atoms with Gasteiger partial charge in [-0.05, 0) is 17.5 Å². The van der Waals surface area contributed by atoms with Gasteiger partial charge in [0.05, 0.1) is 0 Å². The molecule has 3 heteroatoms. The van der Waals surface area contributed by atoms with Crippen LogP contribution >= 0.6 is 27.7 Å². The van der Waals surface area contributed by atoms with E-state index in [1.54, 1.807) is 0 Å². The second-order valence-electron chi connectivity index (χ2n) is 3.77. The van der Waals surface area contributed by atoms with E-state index in [4.69, 9.17) is 0 Å². The fourth-order valence-electron chi connectivity index (χ4n) is 0.752. The first-order chi connectivity index (χ1) is 6.14. The summed E-state index contributed by atoms with van der Waals surface area (Å²) >= 11 is 5.40. The van der Waals surface area contributed by atoms with Crippen LogP contribution in [-0.4, -0.2) is 16.1 Å². The van der Waals surface area contributed by atoms with E-state index in [1.165, 1.54) is 4.90 Å². The summed E-state index contributed by atoms with van der Waals surface area (Å²) in [5.74, 6) is 1.13. The van der Waals surface area contributed by atoms with Crippen LogP contribution in [0.4, 0.5) is 0 Å². The van der Waals surface area contributed by atoms with E-state index in [2.05, 4.69) is 46.9 Å². The quantitative estimate of drug-likeness (QED) is 0.606. The molecule has 0 aliphatic carbocycles. The molecule has 0 amide bonds. The van der Waals surface area contributed by atoms with Crippen molar-refractivity contribution in [3.63, 3.8) is 0 Å². The molecule has 0 atom stereocenters. The highest BCUT2D eigenvalue weighted by atomic mass is 79.9. The van der Waals surface area contributed by atoms with Gasteiger partial charge in [0, 0.05) is 28.4 Å². The number of nitrogens with zero attached hydrogens (tertiary/aromatic N) is 1. The SMILES string of the molecule is CC(C)(CBr)CSc1ccncc1. The summed E-state index contributed by atoms with van der Waals surface area (Å²) in [5.41, 5.74) is 0.355. The van der Waals surface area contributed by atoms with Crippen molar-refractivity contribution in [2.24, 2.45) is 5.41 Å². The Labute approximate surface area is 92.5 Å². The molecule has 0 unspecified atom stereocenters. The summed E-state index contributed by atoms with van der Waals surface area (Å²) in [5, 5.41) is 1.04. The van der Waals surface area contributed by atoms with E-state index in [1.807, 2.05) is 24.2 Å². The highest BCUT2D eigenvalue weighted by molar-refractivity contribution is 9.09. The largest absolute Gasteiger partial charge is 0.265 e. The molecule has 0 saturated heterocycles. The third-order valence-corrected chi connectivity index (χ3v) is 4.69. The minimum absolute atomic E-state index is 0.355. The predicted molar refractivity (Wildman–Crippen MR) is 62.5 cm³/mol. The summed E-state index contributed by atoms with van der Waals surface area (Å²) in [7, 11) is 0. The molecule has 72 valence electrons.